The lowest BCUT2D eigenvalue weighted by Crippen LogP contribution is -2.47. The van der Waals surface area contributed by atoms with Gasteiger partial charge >= 0.3 is 0 Å². The lowest BCUT2D eigenvalue weighted by Gasteiger charge is -2.35. The molecule has 5 heteroatoms. The van der Waals surface area contributed by atoms with Crippen molar-refractivity contribution in [1.29, 1.82) is 0 Å². The number of benzene rings is 2. The van der Waals surface area contributed by atoms with E-state index >= 15 is 0 Å². The molecule has 4 nitrogen and oxygen atoms in total. The number of amides is 2. The molecule has 2 aromatic carbocycles. The molecule has 0 aromatic heterocycles. The van der Waals surface area contributed by atoms with Crippen molar-refractivity contribution in [3.8, 4) is 0 Å². The van der Waals surface area contributed by atoms with Gasteiger partial charge in [-0.15, -0.1) is 0 Å². The van der Waals surface area contributed by atoms with E-state index in [0.717, 1.165) is 11.3 Å². The highest BCUT2D eigenvalue weighted by atomic mass is 19.1. The summed E-state index contributed by atoms with van der Waals surface area (Å²) in [5, 5.41) is 0. The molecule has 0 saturated carbocycles. The van der Waals surface area contributed by atoms with E-state index in [1.807, 2.05) is 24.3 Å². The Hall–Kier alpha value is -2.69. The van der Waals surface area contributed by atoms with E-state index in [1.54, 1.807) is 17.0 Å². The maximum Gasteiger partial charge on any atom is 0.247 e. The van der Waals surface area contributed by atoms with E-state index in [2.05, 4.69) is 0 Å². The number of para-hydroxylation sites is 2. The van der Waals surface area contributed by atoms with E-state index in [0.29, 0.717) is 12.2 Å². The summed E-state index contributed by atoms with van der Waals surface area (Å²) in [6.45, 7) is 1.81. The van der Waals surface area contributed by atoms with E-state index in [4.69, 9.17) is 0 Å². The van der Waals surface area contributed by atoms with Gasteiger partial charge in [-0.2, -0.15) is 0 Å². The fourth-order valence-corrected chi connectivity index (χ4v) is 2.59. The van der Waals surface area contributed by atoms with Crippen molar-refractivity contribution >= 4 is 23.2 Å². The number of anilines is 2. The van der Waals surface area contributed by atoms with Crippen molar-refractivity contribution < 1.29 is 14.0 Å². The van der Waals surface area contributed by atoms with Gasteiger partial charge in [-0.1, -0.05) is 24.3 Å². The van der Waals surface area contributed by atoms with Gasteiger partial charge in [0.15, 0.2) is 0 Å². The molecule has 22 heavy (non-hydrogen) atoms. The highest BCUT2D eigenvalue weighted by Gasteiger charge is 2.30. The third-order valence-corrected chi connectivity index (χ3v) is 3.69. The molecule has 1 aliphatic heterocycles. The molecule has 3 rings (SSSR count). The monoisotopic (exact) mass is 298 g/mol. The first-order chi connectivity index (χ1) is 10.6. The Bertz CT molecular complexity index is 728. The number of fused-ring (bicyclic) bond motifs is 1. The average Bonchev–Trinajstić information content (AvgIpc) is 2.51. The van der Waals surface area contributed by atoms with E-state index in [1.165, 1.54) is 24.0 Å². The lowest BCUT2D eigenvalue weighted by molar-refractivity contribution is -0.122. The SMILES string of the molecule is CC(=O)N1CC(=O)N(Cc2ccc(F)cc2)c2ccccc21. The second-order valence-corrected chi connectivity index (χ2v) is 5.20. The third kappa shape index (κ3) is 2.57. The maximum absolute atomic E-state index is 13.0. The number of nitrogens with zero attached hydrogens (tertiary/aromatic N) is 2. The van der Waals surface area contributed by atoms with Crippen LogP contribution in [0.2, 0.25) is 0 Å². The summed E-state index contributed by atoms with van der Waals surface area (Å²) in [4.78, 5) is 27.2. The van der Waals surface area contributed by atoms with Crippen LogP contribution in [-0.2, 0) is 16.1 Å². The Kier molecular flexibility index (Phi) is 3.63. The second kappa shape index (κ2) is 5.60. The number of halogens is 1. The van der Waals surface area contributed by atoms with Crippen LogP contribution in [0.3, 0.4) is 0 Å². The zero-order chi connectivity index (χ0) is 15.7. The van der Waals surface area contributed by atoms with Crippen LogP contribution in [-0.4, -0.2) is 18.4 Å². The first-order valence-corrected chi connectivity index (χ1v) is 6.98. The Morgan fingerprint density at radius 2 is 1.73 bits per heavy atom. The summed E-state index contributed by atoms with van der Waals surface area (Å²) >= 11 is 0. The molecule has 0 unspecified atom stereocenters. The molecule has 0 bridgehead atoms. The molecule has 112 valence electrons. The highest BCUT2D eigenvalue weighted by molar-refractivity contribution is 6.10. The number of hydrogen-bond acceptors (Lipinski definition) is 2. The summed E-state index contributed by atoms with van der Waals surface area (Å²) in [6.07, 6.45) is 0. The van der Waals surface area contributed by atoms with Crippen molar-refractivity contribution in [1.82, 2.24) is 0 Å². The van der Waals surface area contributed by atoms with Crippen LogP contribution in [0.15, 0.2) is 48.5 Å². The Morgan fingerprint density at radius 3 is 2.36 bits per heavy atom. The normalized spacial score (nSPS) is 14.0. The zero-order valence-corrected chi connectivity index (χ0v) is 12.1. The first kappa shape index (κ1) is 14.3. The van der Waals surface area contributed by atoms with Crippen molar-refractivity contribution in [3.05, 3.63) is 59.9 Å². The van der Waals surface area contributed by atoms with Crippen LogP contribution in [0.25, 0.3) is 0 Å². The predicted octanol–water partition coefficient (Wildman–Crippen LogP) is 2.73. The summed E-state index contributed by atoms with van der Waals surface area (Å²) < 4.78 is 13.0. The number of carbonyl (C=O) groups excluding carboxylic acids is 2. The van der Waals surface area contributed by atoms with Gasteiger partial charge in [0.1, 0.15) is 12.4 Å². The van der Waals surface area contributed by atoms with Crippen LogP contribution in [0.4, 0.5) is 15.8 Å². The Labute approximate surface area is 127 Å². The van der Waals surface area contributed by atoms with Gasteiger partial charge in [0.2, 0.25) is 11.8 Å². The smallest absolute Gasteiger partial charge is 0.247 e. The molecule has 2 amide bonds. The fourth-order valence-electron chi connectivity index (χ4n) is 2.59. The van der Waals surface area contributed by atoms with Gasteiger partial charge in [0, 0.05) is 6.92 Å². The molecule has 0 fully saturated rings. The number of rotatable bonds is 2. The largest absolute Gasteiger partial charge is 0.304 e. The molecular weight excluding hydrogens is 283 g/mol. The summed E-state index contributed by atoms with van der Waals surface area (Å²) in [5.74, 6) is -0.627. The van der Waals surface area contributed by atoms with Gasteiger partial charge in [0.25, 0.3) is 0 Å². The Balaban J connectivity index is 1.97. The van der Waals surface area contributed by atoms with Gasteiger partial charge in [-0.05, 0) is 29.8 Å². The van der Waals surface area contributed by atoms with Crippen LogP contribution >= 0.6 is 0 Å². The third-order valence-electron chi connectivity index (χ3n) is 3.69. The highest BCUT2D eigenvalue weighted by Crippen LogP contribution is 2.34. The molecule has 1 heterocycles. The summed E-state index contributed by atoms with van der Waals surface area (Å²) in [5.41, 5.74) is 2.25. The van der Waals surface area contributed by atoms with Crippen molar-refractivity contribution in [2.75, 3.05) is 16.3 Å². The van der Waals surface area contributed by atoms with E-state index in [-0.39, 0.29) is 24.2 Å². The first-order valence-electron chi connectivity index (χ1n) is 6.98. The van der Waals surface area contributed by atoms with Crippen LogP contribution < -0.4 is 9.80 Å². The van der Waals surface area contributed by atoms with Gasteiger partial charge < -0.3 is 9.80 Å². The molecule has 2 aromatic rings. The van der Waals surface area contributed by atoms with Crippen LogP contribution in [0, 0.1) is 5.82 Å². The molecule has 0 spiro atoms. The molecule has 0 atom stereocenters. The van der Waals surface area contributed by atoms with Gasteiger partial charge in [-0.3, -0.25) is 9.59 Å². The zero-order valence-electron chi connectivity index (χ0n) is 12.1. The van der Waals surface area contributed by atoms with Crippen LogP contribution in [0.1, 0.15) is 12.5 Å². The Morgan fingerprint density at radius 1 is 1.09 bits per heavy atom. The standard InChI is InChI=1S/C17H15FN2O2/c1-12(21)19-11-17(22)20(16-5-3-2-4-15(16)19)10-13-6-8-14(18)9-7-13/h2-9H,10-11H2,1H3. The molecule has 0 radical (unpaired) electrons. The second-order valence-electron chi connectivity index (χ2n) is 5.20. The predicted molar refractivity (Wildman–Crippen MR) is 82.1 cm³/mol. The topological polar surface area (TPSA) is 40.6 Å². The van der Waals surface area contributed by atoms with Crippen molar-refractivity contribution in [2.45, 2.75) is 13.5 Å². The van der Waals surface area contributed by atoms with Crippen LogP contribution in [0.5, 0.6) is 0 Å². The minimum Gasteiger partial charge on any atom is -0.304 e. The van der Waals surface area contributed by atoms with E-state index in [9.17, 15) is 14.0 Å². The van der Waals surface area contributed by atoms with Gasteiger partial charge in [-0.25, -0.2) is 4.39 Å². The fraction of sp³-hybridized carbons (Fsp3) is 0.176. The van der Waals surface area contributed by atoms with Crippen molar-refractivity contribution in [2.24, 2.45) is 0 Å². The molecule has 1 aliphatic rings. The average molecular weight is 298 g/mol. The minimum atomic E-state index is -0.308. The summed E-state index contributed by atoms with van der Waals surface area (Å²) in [6, 6.07) is 13.3. The lowest BCUT2D eigenvalue weighted by atomic mass is 10.1. The number of carbonyl (C=O) groups is 2. The minimum absolute atomic E-state index is 0.0214. The van der Waals surface area contributed by atoms with Gasteiger partial charge in [0.05, 0.1) is 17.9 Å². The molecule has 0 saturated heterocycles. The van der Waals surface area contributed by atoms with E-state index < -0.39 is 0 Å². The molecule has 0 aliphatic carbocycles. The summed E-state index contributed by atoms with van der Waals surface area (Å²) in [7, 11) is 0. The molecular formula is C17H15FN2O2. The number of hydrogen-bond donors (Lipinski definition) is 0. The molecule has 0 N–H and O–H groups in total. The quantitative estimate of drug-likeness (QED) is 0.855. The maximum atomic E-state index is 13.0. The van der Waals surface area contributed by atoms with Crippen molar-refractivity contribution in [3.63, 3.8) is 0 Å².